The molecule has 2 aromatic heterocycles. The zero-order chi connectivity index (χ0) is 28.8. The van der Waals surface area contributed by atoms with Crippen LogP contribution in [0.4, 0.5) is 18.9 Å². The van der Waals surface area contributed by atoms with Crippen LogP contribution in [-0.4, -0.2) is 41.6 Å². The fourth-order valence-electron chi connectivity index (χ4n) is 5.34. The number of nitrogens with zero attached hydrogens (tertiary/aromatic N) is 3. The van der Waals surface area contributed by atoms with Crippen molar-refractivity contribution in [2.75, 3.05) is 24.5 Å². The number of hydrogen-bond donors (Lipinski definition) is 3. The number of aromatic nitrogens is 2. The van der Waals surface area contributed by atoms with Crippen LogP contribution in [0.1, 0.15) is 83.5 Å². The summed E-state index contributed by atoms with van der Waals surface area (Å²) in [5.41, 5.74) is 1.03. The zero-order valence-electron chi connectivity index (χ0n) is 22.6. The van der Waals surface area contributed by atoms with Crippen molar-refractivity contribution in [2.24, 2.45) is 0 Å². The summed E-state index contributed by atoms with van der Waals surface area (Å²) in [6, 6.07) is 5.97. The highest BCUT2D eigenvalue weighted by Crippen LogP contribution is 2.43. The molecule has 0 radical (unpaired) electrons. The third-order valence-electron chi connectivity index (χ3n) is 7.61. The SMILES string of the molecule is Cc1cc2c(N3CCN[C@@H](C)CC3)c(C(=O)N[C@@H](C)c3cc(C#N)cc(C(F)(F)F)c3)c(=O)[nH]c2c(C2CC2)n1. The molecule has 8 nitrogen and oxygen atoms in total. The van der Waals surface area contributed by atoms with Crippen LogP contribution in [0.15, 0.2) is 29.1 Å². The number of alkyl halides is 3. The highest BCUT2D eigenvalue weighted by Gasteiger charge is 2.33. The number of carbonyl (C=O) groups is 1. The summed E-state index contributed by atoms with van der Waals surface area (Å²) in [5.74, 6) is -0.444. The average molecular weight is 553 g/mol. The molecule has 1 aliphatic heterocycles. The number of carbonyl (C=O) groups excluding carboxylic acids is 1. The molecule has 0 unspecified atom stereocenters. The topological polar surface area (TPSA) is 114 Å². The monoisotopic (exact) mass is 552 g/mol. The number of nitrogens with one attached hydrogen (secondary N) is 3. The van der Waals surface area contributed by atoms with E-state index >= 15 is 0 Å². The Kier molecular flexibility index (Phi) is 7.31. The molecule has 0 bridgehead atoms. The summed E-state index contributed by atoms with van der Waals surface area (Å²) in [7, 11) is 0. The minimum absolute atomic E-state index is 0.0891. The number of H-pyrrole nitrogens is 1. The largest absolute Gasteiger partial charge is 0.416 e. The van der Waals surface area contributed by atoms with Crippen LogP contribution in [0.2, 0.25) is 0 Å². The fraction of sp³-hybridized carbons (Fsp3) is 0.448. The Labute approximate surface area is 229 Å². The van der Waals surface area contributed by atoms with E-state index in [-0.39, 0.29) is 28.7 Å². The summed E-state index contributed by atoms with van der Waals surface area (Å²) < 4.78 is 40.4. The number of anilines is 1. The van der Waals surface area contributed by atoms with E-state index in [0.717, 1.165) is 48.2 Å². The molecule has 3 heterocycles. The molecular formula is C29H31F3N6O2. The Morgan fingerprint density at radius 2 is 1.95 bits per heavy atom. The maximum absolute atomic E-state index is 13.8. The van der Waals surface area contributed by atoms with E-state index in [0.29, 0.717) is 30.8 Å². The van der Waals surface area contributed by atoms with Crippen LogP contribution in [-0.2, 0) is 6.18 Å². The molecule has 2 atom stereocenters. The first-order valence-electron chi connectivity index (χ1n) is 13.4. The molecule has 40 heavy (non-hydrogen) atoms. The van der Waals surface area contributed by atoms with E-state index in [2.05, 4.69) is 22.5 Å². The van der Waals surface area contributed by atoms with Crippen molar-refractivity contribution in [2.45, 2.75) is 64.2 Å². The van der Waals surface area contributed by atoms with E-state index in [9.17, 15) is 28.0 Å². The Morgan fingerprint density at radius 1 is 1.20 bits per heavy atom. The third kappa shape index (κ3) is 5.54. The molecule has 0 spiro atoms. The molecule has 2 fully saturated rings. The predicted octanol–water partition coefficient (Wildman–Crippen LogP) is 4.68. The molecular weight excluding hydrogens is 521 g/mol. The number of amides is 1. The minimum atomic E-state index is -4.66. The second kappa shape index (κ2) is 10.6. The quantitative estimate of drug-likeness (QED) is 0.424. The number of benzene rings is 1. The van der Waals surface area contributed by atoms with Crippen molar-refractivity contribution in [1.82, 2.24) is 20.6 Å². The summed E-state index contributed by atoms with van der Waals surface area (Å²) >= 11 is 0. The minimum Gasteiger partial charge on any atom is -0.369 e. The van der Waals surface area contributed by atoms with E-state index in [4.69, 9.17) is 4.98 Å². The van der Waals surface area contributed by atoms with Gasteiger partial charge >= 0.3 is 6.18 Å². The van der Waals surface area contributed by atoms with Gasteiger partial charge in [0.15, 0.2) is 0 Å². The zero-order valence-corrected chi connectivity index (χ0v) is 22.6. The molecule has 2 aliphatic rings. The van der Waals surface area contributed by atoms with Gasteiger partial charge in [0.1, 0.15) is 5.56 Å². The Balaban J connectivity index is 1.61. The van der Waals surface area contributed by atoms with Crippen molar-refractivity contribution < 1.29 is 18.0 Å². The lowest BCUT2D eigenvalue weighted by Gasteiger charge is -2.27. The third-order valence-corrected chi connectivity index (χ3v) is 7.61. The average Bonchev–Trinajstić information content (AvgIpc) is 3.75. The number of pyridine rings is 2. The van der Waals surface area contributed by atoms with Crippen molar-refractivity contribution in [3.05, 3.63) is 68.3 Å². The van der Waals surface area contributed by atoms with Crippen LogP contribution in [0.3, 0.4) is 0 Å². The van der Waals surface area contributed by atoms with Gasteiger partial charge in [0.05, 0.1) is 40.1 Å². The molecule has 11 heteroatoms. The van der Waals surface area contributed by atoms with Gasteiger partial charge in [-0.3, -0.25) is 14.6 Å². The highest BCUT2D eigenvalue weighted by molar-refractivity contribution is 6.08. The van der Waals surface area contributed by atoms with E-state index in [1.165, 1.54) is 13.0 Å². The molecule has 1 saturated heterocycles. The number of hydrogen-bond acceptors (Lipinski definition) is 6. The smallest absolute Gasteiger partial charge is 0.369 e. The summed E-state index contributed by atoms with van der Waals surface area (Å²) in [5, 5.41) is 16.2. The standard InChI is InChI=1S/C29H31F3N6O2/c1-15-6-8-38(9-7-34-15)26-22-10-16(2)35-24(19-4-5-19)25(22)37-28(40)23(26)27(39)36-17(3)20-11-18(14-33)12-21(13-20)29(30,31)32/h10-13,15,17,19,34H,4-9H2,1-3H3,(H,36,39)(H,37,40)/t15-,17-/m0/s1. The Morgan fingerprint density at radius 3 is 2.62 bits per heavy atom. The number of rotatable bonds is 5. The van der Waals surface area contributed by atoms with Crippen LogP contribution in [0.25, 0.3) is 10.9 Å². The fourth-order valence-corrected chi connectivity index (χ4v) is 5.34. The number of fused-ring (bicyclic) bond motifs is 1. The normalized spacial score (nSPS) is 18.7. The van der Waals surface area contributed by atoms with Crippen molar-refractivity contribution >= 4 is 22.5 Å². The first-order chi connectivity index (χ1) is 19.0. The molecule has 3 N–H and O–H groups in total. The molecule has 3 aromatic rings. The van der Waals surface area contributed by atoms with Gasteiger partial charge in [-0.05, 0) is 69.9 Å². The second-order valence-corrected chi connectivity index (χ2v) is 10.8. The number of aromatic amines is 1. The second-order valence-electron chi connectivity index (χ2n) is 10.8. The van der Waals surface area contributed by atoms with Crippen LogP contribution < -0.4 is 21.1 Å². The van der Waals surface area contributed by atoms with E-state index < -0.39 is 29.2 Å². The Bertz CT molecular complexity index is 1570. The lowest BCUT2D eigenvalue weighted by Crippen LogP contribution is -2.37. The van der Waals surface area contributed by atoms with Crippen LogP contribution in [0, 0.1) is 18.3 Å². The number of halogens is 3. The number of aryl methyl sites for hydroxylation is 1. The maximum Gasteiger partial charge on any atom is 0.416 e. The van der Waals surface area contributed by atoms with Gasteiger partial charge in [0.25, 0.3) is 11.5 Å². The first kappa shape index (κ1) is 27.6. The van der Waals surface area contributed by atoms with Crippen LogP contribution in [0.5, 0.6) is 0 Å². The lowest BCUT2D eigenvalue weighted by molar-refractivity contribution is -0.137. The summed E-state index contributed by atoms with van der Waals surface area (Å²) in [4.78, 5) is 37.0. The first-order valence-corrected chi connectivity index (χ1v) is 13.4. The maximum atomic E-state index is 13.8. The van der Waals surface area contributed by atoms with Gasteiger partial charge in [-0.1, -0.05) is 0 Å². The highest BCUT2D eigenvalue weighted by atomic mass is 19.4. The van der Waals surface area contributed by atoms with Crippen LogP contribution >= 0.6 is 0 Å². The Hall–Kier alpha value is -3.91. The summed E-state index contributed by atoms with van der Waals surface area (Å²) in [6.07, 6.45) is -1.89. The van der Waals surface area contributed by atoms with Gasteiger partial charge in [-0.15, -0.1) is 0 Å². The molecule has 210 valence electrons. The van der Waals surface area contributed by atoms with Gasteiger partial charge < -0.3 is 20.5 Å². The molecule has 1 saturated carbocycles. The molecule has 5 rings (SSSR count). The lowest BCUT2D eigenvalue weighted by atomic mass is 10.00. The van der Waals surface area contributed by atoms with Gasteiger partial charge in [-0.2, -0.15) is 18.4 Å². The van der Waals surface area contributed by atoms with Gasteiger partial charge in [-0.25, -0.2) is 0 Å². The van der Waals surface area contributed by atoms with Crippen molar-refractivity contribution in [1.29, 1.82) is 5.26 Å². The van der Waals surface area contributed by atoms with Gasteiger partial charge in [0, 0.05) is 42.7 Å². The van der Waals surface area contributed by atoms with E-state index in [1.807, 2.05) is 17.9 Å². The van der Waals surface area contributed by atoms with Gasteiger partial charge in [0.2, 0.25) is 0 Å². The molecule has 1 aliphatic carbocycles. The number of nitriles is 1. The van der Waals surface area contributed by atoms with Crippen molar-refractivity contribution in [3.63, 3.8) is 0 Å². The summed E-state index contributed by atoms with van der Waals surface area (Å²) in [6.45, 7) is 7.33. The predicted molar refractivity (Wildman–Crippen MR) is 145 cm³/mol. The van der Waals surface area contributed by atoms with E-state index in [1.54, 1.807) is 6.07 Å². The molecule has 1 amide bonds. The van der Waals surface area contributed by atoms with Crippen molar-refractivity contribution in [3.8, 4) is 6.07 Å². The molecule has 1 aromatic carbocycles.